The Hall–Kier alpha value is -0.945. The number of aliphatic imine (C=N–C) groups is 1. The third kappa shape index (κ3) is 2.19. The second-order valence-corrected chi connectivity index (χ2v) is 9.05. The maximum Gasteiger partial charge on any atom is 0.350 e. The molecule has 1 aromatic heterocycles. The van der Waals surface area contributed by atoms with Crippen molar-refractivity contribution in [2.45, 2.75) is 0 Å². The summed E-state index contributed by atoms with van der Waals surface area (Å²) in [7, 11) is 1.57. The minimum Gasteiger partial charge on any atom is -0.494 e. The first-order valence-electron chi connectivity index (χ1n) is 5.55. The zero-order valence-electron chi connectivity index (χ0n) is 9.75. The predicted octanol–water partition coefficient (Wildman–Crippen LogP) is 1.72. The van der Waals surface area contributed by atoms with Gasteiger partial charge in [-0.1, -0.05) is 30.3 Å². The fourth-order valence-electron chi connectivity index (χ4n) is 2.14. The first-order valence-corrected chi connectivity index (χ1v) is 9.89. The van der Waals surface area contributed by atoms with Gasteiger partial charge in [0.15, 0.2) is 21.0 Å². The average Bonchev–Trinajstić information content (AvgIpc) is 2.92. The molecule has 0 fully saturated rings. The van der Waals surface area contributed by atoms with Crippen molar-refractivity contribution in [3.05, 3.63) is 41.5 Å². The number of hydrogen-bond acceptors (Lipinski definition) is 3. The van der Waals surface area contributed by atoms with E-state index in [0.29, 0.717) is 21.4 Å². The lowest BCUT2D eigenvalue weighted by Gasteiger charge is -1.99. The first kappa shape index (κ1) is 13.1. The standard InChI is InChI=1S/C12H7N2O2.2Al.S/c15-11-8-6-13-12(16)9(8)10(14-11)7-4-2-1-3-5-7;;;/h1-5,14-15H;;;. The molecule has 0 aliphatic carbocycles. The monoisotopic (exact) mass is 297 g/mol. The lowest BCUT2D eigenvalue weighted by atomic mass is 10.1. The topological polar surface area (TPSA) is 65.4 Å². The molecular formula is C12H7Al2N2O2S. The van der Waals surface area contributed by atoms with E-state index in [4.69, 9.17) is 0 Å². The molecule has 1 aliphatic rings. The largest absolute Gasteiger partial charge is 0.494 e. The molecule has 2 heterocycles. The highest BCUT2D eigenvalue weighted by Gasteiger charge is 2.31. The van der Waals surface area contributed by atoms with Crippen LogP contribution >= 0.6 is 8.50 Å². The number of aromatic nitrogens is 1. The fraction of sp³-hybridized carbons (Fsp3) is 0. The molecule has 3 radical (unpaired) electrons. The quantitative estimate of drug-likeness (QED) is 0.848. The van der Waals surface area contributed by atoms with E-state index in [1.165, 1.54) is 0 Å². The summed E-state index contributed by atoms with van der Waals surface area (Å²) in [5.74, 6) is -0.239. The van der Waals surface area contributed by atoms with Crippen molar-refractivity contribution in [1.82, 2.24) is 4.98 Å². The molecule has 1 aromatic carbocycles. The van der Waals surface area contributed by atoms with Crippen LogP contribution in [0.3, 0.4) is 0 Å². The van der Waals surface area contributed by atoms with Crippen LogP contribution in [-0.4, -0.2) is 49.8 Å². The molecule has 1 amide bonds. The van der Waals surface area contributed by atoms with Crippen LogP contribution in [0.1, 0.15) is 15.9 Å². The van der Waals surface area contributed by atoms with E-state index < -0.39 is 0 Å². The molecule has 0 spiro atoms. The Morgan fingerprint density at radius 2 is 2.00 bits per heavy atom. The molecular weight excluding hydrogens is 290 g/mol. The Bertz CT molecular complexity index is 683. The van der Waals surface area contributed by atoms with Crippen molar-refractivity contribution < 1.29 is 9.90 Å². The van der Waals surface area contributed by atoms with Gasteiger partial charge in [0.1, 0.15) is 0 Å². The number of benzene rings is 1. The number of carbonyl (C=O) groups excluding carboxylic acids is 1. The number of fused-ring (bicyclic) bond motifs is 1. The molecule has 7 heteroatoms. The highest BCUT2D eigenvalue weighted by atomic mass is 32.4. The normalized spacial score (nSPS) is 13.3. The van der Waals surface area contributed by atoms with Gasteiger partial charge in [0.2, 0.25) is 0 Å². The van der Waals surface area contributed by atoms with Crippen LogP contribution in [0.15, 0.2) is 35.3 Å². The molecule has 19 heavy (non-hydrogen) atoms. The molecule has 2 aromatic rings. The molecule has 0 unspecified atom stereocenters. The maximum atomic E-state index is 12.0. The van der Waals surface area contributed by atoms with Gasteiger partial charge in [-0.05, 0) is 10.1 Å². The van der Waals surface area contributed by atoms with Gasteiger partial charge in [-0.2, -0.15) is 0 Å². The fourth-order valence-corrected chi connectivity index (χ4v) is 4.90. The summed E-state index contributed by atoms with van der Waals surface area (Å²) in [6.07, 6.45) is 0. The zero-order valence-corrected chi connectivity index (χ0v) is 12.9. The summed E-state index contributed by atoms with van der Waals surface area (Å²) in [4.78, 5) is 19.0. The molecule has 1 aliphatic heterocycles. The molecule has 0 atom stereocenters. The van der Waals surface area contributed by atoms with Gasteiger partial charge >= 0.3 is 14.1 Å². The number of carbonyl (C=O) groups is 1. The van der Waals surface area contributed by atoms with E-state index in [9.17, 15) is 9.90 Å². The number of H-pyrrole nitrogens is 1. The Morgan fingerprint density at radius 1 is 1.26 bits per heavy atom. The summed E-state index contributed by atoms with van der Waals surface area (Å²) in [5.41, 5.74) is 2.58. The van der Waals surface area contributed by atoms with Crippen molar-refractivity contribution >= 4 is 48.2 Å². The molecule has 0 saturated carbocycles. The number of rotatable bonds is 3. The van der Waals surface area contributed by atoms with E-state index in [2.05, 4.69) is 25.1 Å². The number of nitrogens with one attached hydrogen (secondary N) is 1. The minimum atomic E-state index is -0.271. The summed E-state index contributed by atoms with van der Waals surface area (Å²) in [5, 5.41) is 10.0. The highest BCUT2D eigenvalue weighted by molar-refractivity contribution is 8.40. The van der Waals surface area contributed by atoms with Crippen molar-refractivity contribution in [3.63, 3.8) is 0 Å². The smallest absolute Gasteiger partial charge is 0.350 e. The first-order chi connectivity index (χ1) is 9.22. The van der Waals surface area contributed by atoms with Crippen molar-refractivity contribution in [1.29, 1.82) is 0 Å². The predicted molar refractivity (Wildman–Crippen MR) is 77.9 cm³/mol. The molecule has 0 bridgehead atoms. The maximum absolute atomic E-state index is 12.0. The van der Waals surface area contributed by atoms with Crippen LogP contribution < -0.4 is 0 Å². The Labute approximate surface area is 126 Å². The SMILES string of the molecule is O=C1N=[C]([Al][S][Al])c2c(O)[nH]c(-c3ccccc3)c21. The lowest BCUT2D eigenvalue weighted by Crippen LogP contribution is -2.04. The number of hydrogen-bond donors (Lipinski definition) is 2. The number of aromatic hydroxyl groups is 1. The van der Waals surface area contributed by atoms with Gasteiger partial charge in [-0.3, -0.25) is 4.79 Å². The third-order valence-corrected chi connectivity index (χ3v) is 5.99. The highest BCUT2D eigenvalue weighted by Crippen LogP contribution is 2.36. The van der Waals surface area contributed by atoms with Gasteiger partial charge in [0.25, 0.3) is 5.91 Å². The minimum absolute atomic E-state index is 0.0324. The number of nitrogens with zero attached hydrogens (tertiary/aromatic N) is 1. The van der Waals surface area contributed by atoms with Crippen molar-refractivity contribution in [2.24, 2.45) is 4.99 Å². The lowest BCUT2D eigenvalue weighted by molar-refractivity contribution is 0.101. The molecule has 4 nitrogen and oxygen atoms in total. The summed E-state index contributed by atoms with van der Waals surface area (Å²) in [6, 6.07) is 9.49. The van der Waals surface area contributed by atoms with E-state index in [-0.39, 0.29) is 25.9 Å². The molecule has 3 rings (SSSR count). The summed E-state index contributed by atoms with van der Waals surface area (Å²) < 4.78 is 0.705. The van der Waals surface area contributed by atoms with Crippen LogP contribution in [0.4, 0.5) is 0 Å². The Balaban J connectivity index is 2.16. The van der Waals surface area contributed by atoms with Crippen LogP contribution in [0.5, 0.6) is 5.88 Å². The Morgan fingerprint density at radius 3 is 2.68 bits per heavy atom. The van der Waals surface area contributed by atoms with Crippen LogP contribution in [-0.2, 0) is 0 Å². The van der Waals surface area contributed by atoms with Crippen LogP contribution in [0, 0.1) is 0 Å². The second-order valence-electron chi connectivity index (χ2n) is 4.02. The van der Waals surface area contributed by atoms with Crippen LogP contribution in [0.25, 0.3) is 11.3 Å². The van der Waals surface area contributed by atoms with Gasteiger partial charge in [0, 0.05) is 0 Å². The van der Waals surface area contributed by atoms with Gasteiger partial charge in [0.05, 0.1) is 16.8 Å². The second kappa shape index (κ2) is 5.21. The summed E-state index contributed by atoms with van der Waals surface area (Å²) >= 11 is 2.36. The molecule has 2 N–H and O–H groups in total. The molecule has 89 valence electrons. The van der Waals surface area contributed by atoms with Gasteiger partial charge in [-0.15, -0.1) is 0 Å². The molecule has 0 saturated heterocycles. The van der Waals surface area contributed by atoms with E-state index >= 15 is 0 Å². The van der Waals surface area contributed by atoms with Gasteiger partial charge in [-0.25, -0.2) is 4.99 Å². The van der Waals surface area contributed by atoms with Crippen LogP contribution in [0.2, 0.25) is 0 Å². The zero-order chi connectivity index (χ0) is 13.4. The summed E-state index contributed by atoms with van der Waals surface area (Å²) in [6.45, 7) is 0. The van der Waals surface area contributed by atoms with Gasteiger partial charge < -0.3 is 18.6 Å². The van der Waals surface area contributed by atoms with E-state index in [1.54, 1.807) is 8.50 Å². The average molecular weight is 297 g/mol. The van der Waals surface area contributed by atoms with E-state index in [0.717, 1.165) is 5.56 Å². The Kier molecular flexibility index (Phi) is 3.58. The third-order valence-electron chi connectivity index (χ3n) is 2.91. The number of aromatic amines is 1. The number of amides is 1. The van der Waals surface area contributed by atoms with Crippen molar-refractivity contribution in [3.8, 4) is 17.1 Å². The van der Waals surface area contributed by atoms with E-state index in [1.807, 2.05) is 30.3 Å². The van der Waals surface area contributed by atoms with Crippen molar-refractivity contribution in [2.75, 3.05) is 0 Å².